The van der Waals surface area contributed by atoms with Gasteiger partial charge in [0.15, 0.2) is 11.6 Å². The van der Waals surface area contributed by atoms with Gasteiger partial charge in [0.25, 0.3) is 0 Å². The van der Waals surface area contributed by atoms with Crippen LogP contribution in [0.1, 0.15) is 0 Å². The highest BCUT2D eigenvalue weighted by atomic mass is 19.1. The zero-order valence-electron chi connectivity index (χ0n) is 7.01. The summed E-state index contributed by atoms with van der Waals surface area (Å²) in [5.41, 5.74) is 5.28. The fourth-order valence-corrected chi connectivity index (χ4v) is 1.35. The molecule has 0 amide bonds. The summed E-state index contributed by atoms with van der Waals surface area (Å²) < 4.78 is 27.9. The first-order valence-corrected chi connectivity index (χ1v) is 3.80. The van der Waals surface area contributed by atoms with E-state index in [9.17, 15) is 8.78 Å². The van der Waals surface area contributed by atoms with Gasteiger partial charge in [0.2, 0.25) is 0 Å². The quantitative estimate of drug-likeness (QED) is 0.621. The second-order valence-corrected chi connectivity index (χ2v) is 2.95. The number of rotatable bonds is 0. The summed E-state index contributed by atoms with van der Waals surface area (Å²) in [6.45, 7) is 0. The van der Waals surface area contributed by atoms with Gasteiger partial charge < -0.3 is 10.3 Å². The van der Waals surface area contributed by atoms with Gasteiger partial charge in [-0.05, 0) is 6.07 Å². The van der Waals surface area contributed by atoms with Crippen molar-refractivity contribution < 1.29 is 8.78 Å². The van der Waals surface area contributed by atoms with Crippen LogP contribution in [0.25, 0.3) is 10.9 Å². The Balaban J connectivity index is 2.96. The van der Waals surface area contributed by atoms with Gasteiger partial charge in [-0.15, -0.1) is 0 Å². The van der Waals surface area contributed by atoms with Crippen molar-refractivity contribution >= 4 is 16.6 Å². The summed E-state index contributed by atoms with van der Waals surface area (Å²) in [5.74, 6) is -1.40. The Kier molecular flexibility index (Phi) is 1.52. The van der Waals surface area contributed by atoms with Gasteiger partial charge in [-0.1, -0.05) is 0 Å². The smallest absolute Gasteiger partial charge is 0.158 e. The van der Waals surface area contributed by atoms with Crippen LogP contribution in [0.2, 0.25) is 0 Å². The number of hydrogen-bond acceptors (Lipinski definition) is 1. The number of anilines is 1. The molecule has 0 radical (unpaired) electrons. The largest absolute Gasteiger partial charge is 0.394 e. The van der Waals surface area contributed by atoms with Crippen LogP contribution < -0.4 is 5.73 Å². The molecule has 0 spiro atoms. The molecule has 2 N–H and O–H groups in total. The third kappa shape index (κ3) is 0.983. The molecule has 0 saturated carbocycles. The van der Waals surface area contributed by atoms with E-state index in [1.54, 1.807) is 23.9 Å². The minimum Gasteiger partial charge on any atom is -0.394 e. The van der Waals surface area contributed by atoms with E-state index >= 15 is 0 Å². The van der Waals surface area contributed by atoms with E-state index in [2.05, 4.69) is 0 Å². The average Bonchev–Trinajstić information content (AvgIpc) is 2.45. The zero-order chi connectivity index (χ0) is 9.59. The molecule has 2 rings (SSSR count). The molecule has 1 heterocycles. The summed E-state index contributed by atoms with van der Waals surface area (Å²) in [6, 6.07) is 2.80. The SMILES string of the molecule is Cn1ccc2c(F)c(N)c(F)cc21. The number of nitrogens with two attached hydrogens (primary N) is 1. The summed E-state index contributed by atoms with van der Waals surface area (Å²) in [6.07, 6.45) is 1.66. The Bertz CT molecular complexity index is 474. The monoisotopic (exact) mass is 182 g/mol. The molecule has 0 atom stereocenters. The van der Waals surface area contributed by atoms with Gasteiger partial charge >= 0.3 is 0 Å². The minimum absolute atomic E-state index is 0.349. The maximum absolute atomic E-state index is 13.3. The molecular weight excluding hydrogens is 174 g/mol. The lowest BCUT2D eigenvalue weighted by molar-refractivity contribution is 0.599. The molecule has 4 heteroatoms. The Morgan fingerprint density at radius 3 is 2.77 bits per heavy atom. The van der Waals surface area contributed by atoms with Crippen molar-refractivity contribution in [1.82, 2.24) is 4.57 Å². The van der Waals surface area contributed by atoms with Crippen molar-refractivity contribution in [2.24, 2.45) is 7.05 Å². The van der Waals surface area contributed by atoms with Crippen molar-refractivity contribution in [3.8, 4) is 0 Å². The maximum Gasteiger partial charge on any atom is 0.158 e. The molecule has 0 aliphatic carbocycles. The first-order chi connectivity index (χ1) is 6.11. The number of fused-ring (bicyclic) bond motifs is 1. The molecule has 68 valence electrons. The van der Waals surface area contributed by atoms with Crippen molar-refractivity contribution in [3.05, 3.63) is 30.0 Å². The molecule has 0 aliphatic heterocycles. The molecule has 0 saturated heterocycles. The second kappa shape index (κ2) is 2.45. The van der Waals surface area contributed by atoms with E-state index < -0.39 is 17.3 Å². The van der Waals surface area contributed by atoms with E-state index in [0.29, 0.717) is 10.9 Å². The van der Waals surface area contributed by atoms with Crippen LogP contribution >= 0.6 is 0 Å². The van der Waals surface area contributed by atoms with Crippen LogP contribution in [0.5, 0.6) is 0 Å². The predicted molar refractivity (Wildman–Crippen MR) is 47.2 cm³/mol. The topological polar surface area (TPSA) is 30.9 Å². The second-order valence-electron chi connectivity index (χ2n) is 2.95. The molecule has 0 fully saturated rings. The van der Waals surface area contributed by atoms with Crippen molar-refractivity contribution in [2.45, 2.75) is 0 Å². The molecule has 0 aliphatic rings. The highest BCUT2D eigenvalue weighted by Gasteiger charge is 2.11. The molecule has 0 bridgehead atoms. The molecule has 1 aromatic heterocycles. The number of nitrogen functional groups attached to an aromatic ring is 1. The number of hydrogen-bond donors (Lipinski definition) is 1. The number of aryl methyl sites for hydroxylation is 1. The fraction of sp³-hybridized carbons (Fsp3) is 0.111. The standard InChI is InChI=1S/C9H8F2N2/c1-13-3-2-5-7(13)4-6(10)9(12)8(5)11/h2-4H,12H2,1H3. The number of halogens is 2. The molecule has 1 aromatic carbocycles. The third-order valence-corrected chi connectivity index (χ3v) is 2.11. The Hall–Kier alpha value is -1.58. The van der Waals surface area contributed by atoms with Gasteiger partial charge in [-0.3, -0.25) is 0 Å². The average molecular weight is 182 g/mol. The minimum atomic E-state index is -0.716. The highest BCUT2D eigenvalue weighted by Crippen LogP contribution is 2.25. The summed E-state index contributed by atoms with van der Waals surface area (Å²) >= 11 is 0. The van der Waals surface area contributed by atoms with Crippen molar-refractivity contribution in [1.29, 1.82) is 0 Å². The van der Waals surface area contributed by atoms with Crippen LogP contribution in [-0.4, -0.2) is 4.57 Å². The van der Waals surface area contributed by atoms with Crippen LogP contribution in [0.15, 0.2) is 18.3 Å². The Labute approximate surface area is 73.6 Å². The number of nitrogens with zero attached hydrogens (tertiary/aromatic N) is 1. The Morgan fingerprint density at radius 1 is 1.38 bits per heavy atom. The van der Waals surface area contributed by atoms with E-state index in [4.69, 9.17) is 5.73 Å². The predicted octanol–water partition coefficient (Wildman–Crippen LogP) is 2.04. The van der Waals surface area contributed by atoms with Gasteiger partial charge in [-0.25, -0.2) is 8.78 Å². The van der Waals surface area contributed by atoms with E-state index in [0.717, 1.165) is 0 Å². The zero-order valence-corrected chi connectivity index (χ0v) is 7.01. The van der Waals surface area contributed by atoms with Gasteiger partial charge in [0, 0.05) is 24.7 Å². The number of benzene rings is 1. The molecule has 2 aromatic rings. The lowest BCUT2D eigenvalue weighted by Crippen LogP contribution is -1.96. The Morgan fingerprint density at radius 2 is 2.08 bits per heavy atom. The lowest BCUT2D eigenvalue weighted by Gasteiger charge is -2.01. The molecule has 0 unspecified atom stereocenters. The summed E-state index contributed by atoms with van der Waals surface area (Å²) in [4.78, 5) is 0. The first-order valence-electron chi connectivity index (χ1n) is 3.80. The summed E-state index contributed by atoms with van der Waals surface area (Å²) in [7, 11) is 1.72. The van der Waals surface area contributed by atoms with E-state index in [1.807, 2.05) is 0 Å². The normalized spacial score (nSPS) is 11.0. The van der Waals surface area contributed by atoms with E-state index in [1.165, 1.54) is 6.07 Å². The summed E-state index contributed by atoms with van der Waals surface area (Å²) in [5, 5.41) is 0.349. The van der Waals surface area contributed by atoms with Crippen molar-refractivity contribution in [2.75, 3.05) is 5.73 Å². The van der Waals surface area contributed by atoms with Crippen LogP contribution in [-0.2, 0) is 7.05 Å². The van der Waals surface area contributed by atoms with Crippen LogP contribution in [0, 0.1) is 11.6 Å². The molecular formula is C9H8F2N2. The highest BCUT2D eigenvalue weighted by molar-refractivity contribution is 5.84. The maximum atomic E-state index is 13.3. The number of aromatic nitrogens is 1. The fourth-order valence-electron chi connectivity index (χ4n) is 1.35. The third-order valence-electron chi connectivity index (χ3n) is 2.11. The van der Waals surface area contributed by atoms with Gasteiger partial charge in [0.05, 0.1) is 5.52 Å². The van der Waals surface area contributed by atoms with Crippen LogP contribution in [0.3, 0.4) is 0 Å². The molecule has 2 nitrogen and oxygen atoms in total. The van der Waals surface area contributed by atoms with Gasteiger partial charge in [-0.2, -0.15) is 0 Å². The van der Waals surface area contributed by atoms with Crippen LogP contribution in [0.4, 0.5) is 14.5 Å². The van der Waals surface area contributed by atoms with Crippen molar-refractivity contribution in [3.63, 3.8) is 0 Å². The van der Waals surface area contributed by atoms with Gasteiger partial charge in [0.1, 0.15) is 5.69 Å². The first kappa shape index (κ1) is 8.04. The van der Waals surface area contributed by atoms with E-state index in [-0.39, 0.29) is 0 Å². The lowest BCUT2D eigenvalue weighted by atomic mass is 10.2. The molecule has 13 heavy (non-hydrogen) atoms.